The fourth-order valence-electron chi connectivity index (χ4n) is 6.02. The Hall–Kier alpha value is -4.79. The predicted octanol–water partition coefficient (Wildman–Crippen LogP) is 5.86. The van der Waals surface area contributed by atoms with Crippen LogP contribution in [0.25, 0.3) is 10.9 Å². The smallest absolute Gasteiger partial charge is 0.410 e. The van der Waals surface area contributed by atoms with Crippen LogP contribution in [-0.4, -0.2) is 44.4 Å². The van der Waals surface area contributed by atoms with E-state index in [0.717, 1.165) is 30.2 Å². The molecule has 0 N–H and O–H groups in total. The Labute approximate surface area is 254 Å². The van der Waals surface area contributed by atoms with Crippen molar-refractivity contribution in [2.45, 2.75) is 65.3 Å². The lowest BCUT2D eigenvalue weighted by Crippen LogP contribution is -2.39. The Bertz CT molecular complexity index is 1820. The summed E-state index contributed by atoms with van der Waals surface area (Å²) in [7, 11) is 0. The van der Waals surface area contributed by atoms with Crippen molar-refractivity contribution in [3.05, 3.63) is 116 Å². The summed E-state index contributed by atoms with van der Waals surface area (Å²) >= 11 is 0. The van der Waals surface area contributed by atoms with Gasteiger partial charge in [0, 0.05) is 25.2 Å². The average Bonchev–Trinajstić information content (AvgIpc) is 3.53. The molecule has 0 radical (unpaired) electrons. The molecule has 1 aliphatic heterocycles. The Morgan fingerprint density at radius 2 is 1.50 bits per heavy atom. The second-order valence-corrected chi connectivity index (χ2v) is 12.4. The SMILES string of the molecule is CC(C)(C)OC(=O)N(Cc1ccc(F)cc1)Cc1cc2cc3c(cc2n(CCN2C(=O)c4ccccc4C2=O)c1=O)CCC3. The molecule has 0 fully saturated rings. The summed E-state index contributed by atoms with van der Waals surface area (Å²) in [6.07, 6.45) is 2.29. The number of aryl methyl sites for hydroxylation is 2. The number of carbonyl (C=O) groups excluding carboxylic acids is 3. The molecular formula is C35H34FN3O5. The fourth-order valence-corrected chi connectivity index (χ4v) is 6.02. The first-order valence-electron chi connectivity index (χ1n) is 14.8. The molecule has 9 heteroatoms. The molecule has 6 rings (SSSR count). The van der Waals surface area contributed by atoms with Crippen molar-refractivity contribution in [2.75, 3.05) is 6.54 Å². The van der Waals surface area contributed by atoms with Gasteiger partial charge in [-0.05, 0) is 105 Å². The summed E-state index contributed by atoms with van der Waals surface area (Å²) in [5.74, 6) is -1.15. The number of pyridine rings is 1. The highest BCUT2D eigenvalue weighted by Crippen LogP contribution is 2.28. The molecule has 8 nitrogen and oxygen atoms in total. The van der Waals surface area contributed by atoms with Crippen LogP contribution in [0.1, 0.15) is 70.2 Å². The van der Waals surface area contributed by atoms with Gasteiger partial charge in [-0.15, -0.1) is 0 Å². The van der Waals surface area contributed by atoms with E-state index in [1.54, 1.807) is 61.7 Å². The molecular weight excluding hydrogens is 561 g/mol. The molecule has 0 saturated carbocycles. The Kier molecular flexibility index (Phi) is 7.57. The first-order valence-corrected chi connectivity index (χ1v) is 14.8. The molecule has 0 bridgehead atoms. The Balaban J connectivity index is 1.37. The average molecular weight is 596 g/mol. The van der Waals surface area contributed by atoms with Gasteiger partial charge < -0.3 is 9.30 Å². The Morgan fingerprint density at radius 1 is 0.864 bits per heavy atom. The maximum atomic E-state index is 14.2. The van der Waals surface area contributed by atoms with Crippen molar-refractivity contribution >= 4 is 28.8 Å². The Morgan fingerprint density at radius 3 is 2.14 bits per heavy atom. The number of carbonyl (C=O) groups is 3. The van der Waals surface area contributed by atoms with Crippen molar-refractivity contribution in [1.29, 1.82) is 0 Å². The zero-order valence-electron chi connectivity index (χ0n) is 25.1. The number of amides is 3. The number of hydrogen-bond donors (Lipinski definition) is 0. The quantitative estimate of drug-likeness (QED) is 0.250. The monoisotopic (exact) mass is 595 g/mol. The second-order valence-electron chi connectivity index (χ2n) is 12.4. The number of aromatic nitrogens is 1. The molecule has 3 aromatic carbocycles. The van der Waals surface area contributed by atoms with Gasteiger partial charge in [0.25, 0.3) is 17.4 Å². The van der Waals surface area contributed by atoms with Crippen molar-refractivity contribution in [1.82, 2.24) is 14.4 Å². The first-order chi connectivity index (χ1) is 21.0. The van der Waals surface area contributed by atoms with Crippen LogP contribution in [-0.2, 0) is 37.2 Å². The number of nitrogens with zero attached hydrogens (tertiary/aromatic N) is 3. The number of rotatable bonds is 7. The molecule has 0 unspecified atom stereocenters. The molecule has 2 heterocycles. The molecule has 2 aliphatic rings. The van der Waals surface area contributed by atoms with Crippen LogP contribution in [0.15, 0.2) is 71.5 Å². The largest absolute Gasteiger partial charge is 0.444 e. The second kappa shape index (κ2) is 11.4. The minimum atomic E-state index is -0.769. The third-order valence-electron chi connectivity index (χ3n) is 8.11. The van der Waals surface area contributed by atoms with Crippen molar-refractivity contribution < 1.29 is 23.5 Å². The number of benzene rings is 3. The summed E-state index contributed by atoms with van der Waals surface area (Å²) in [5, 5.41) is 0.841. The third kappa shape index (κ3) is 5.74. The maximum Gasteiger partial charge on any atom is 0.410 e. The summed E-state index contributed by atoms with van der Waals surface area (Å²) in [6, 6.07) is 18.5. The van der Waals surface area contributed by atoms with Crippen LogP contribution >= 0.6 is 0 Å². The lowest BCUT2D eigenvalue weighted by Gasteiger charge is -2.28. The zero-order chi connectivity index (χ0) is 31.2. The van der Waals surface area contributed by atoms with E-state index in [1.807, 2.05) is 12.1 Å². The third-order valence-corrected chi connectivity index (χ3v) is 8.11. The number of hydrogen-bond acceptors (Lipinski definition) is 5. The number of fused-ring (bicyclic) bond motifs is 3. The van der Waals surface area contributed by atoms with Gasteiger partial charge >= 0.3 is 6.09 Å². The lowest BCUT2D eigenvalue weighted by molar-refractivity contribution is 0.0215. The van der Waals surface area contributed by atoms with E-state index in [-0.39, 0.29) is 49.4 Å². The van der Waals surface area contributed by atoms with Crippen molar-refractivity contribution in [3.8, 4) is 0 Å². The molecule has 44 heavy (non-hydrogen) atoms. The van der Waals surface area contributed by atoms with Gasteiger partial charge in [-0.25, -0.2) is 9.18 Å². The summed E-state index contributed by atoms with van der Waals surface area (Å²) in [5.41, 5.74) is 3.81. The summed E-state index contributed by atoms with van der Waals surface area (Å²) < 4.78 is 20.9. The van der Waals surface area contributed by atoms with E-state index in [2.05, 4.69) is 6.07 Å². The van der Waals surface area contributed by atoms with Crippen LogP contribution in [0.2, 0.25) is 0 Å². The van der Waals surface area contributed by atoms with E-state index in [1.165, 1.54) is 33.1 Å². The summed E-state index contributed by atoms with van der Waals surface area (Å²) in [4.78, 5) is 56.3. The summed E-state index contributed by atoms with van der Waals surface area (Å²) in [6.45, 7) is 5.47. The molecule has 226 valence electrons. The number of halogens is 1. The molecule has 0 saturated heterocycles. The van der Waals surface area contributed by atoms with Gasteiger partial charge in [0.05, 0.1) is 23.2 Å². The van der Waals surface area contributed by atoms with Gasteiger partial charge in [0.2, 0.25) is 0 Å². The van der Waals surface area contributed by atoms with Crippen LogP contribution in [0.4, 0.5) is 9.18 Å². The van der Waals surface area contributed by atoms with Crippen molar-refractivity contribution in [2.24, 2.45) is 0 Å². The normalized spacial score (nSPS) is 14.2. The number of ether oxygens (including phenoxy) is 1. The van der Waals surface area contributed by atoms with Crippen LogP contribution in [0.3, 0.4) is 0 Å². The highest BCUT2D eigenvalue weighted by atomic mass is 19.1. The highest BCUT2D eigenvalue weighted by molar-refractivity contribution is 6.21. The van der Waals surface area contributed by atoms with Crippen LogP contribution in [0, 0.1) is 5.82 Å². The van der Waals surface area contributed by atoms with Gasteiger partial charge in [0.1, 0.15) is 11.4 Å². The van der Waals surface area contributed by atoms with Crippen LogP contribution in [0.5, 0.6) is 0 Å². The van der Waals surface area contributed by atoms with Gasteiger partial charge in [0.15, 0.2) is 0 Å². The minimum Gasteiger partial charge on any atom is -0.444 e. The molecule has 3 amide bonds. The molecule has 1 aromatic heterocycles. The van der Waals surface area contributed by atoms with E-state index in [0.29, 0.717) is 22.3 Å². The van der Waals surface area contributed by atoms with Gasteiger partial charge in [-0.1, -0.05) is 24.3 Å². The zero-order valence-corrected chi connectivity index (χ0v) is 25.1. The molecule has 1 aliphatic carbocycles. The molecule has 0 spiro atoms. The van der Waals surface area contributed by atoms with Crippen LogP contribution < -0.4 is 5.56 Å². The van der Waals surface area contributed by atoms with Crippen molar-refractivity contribution in [3.63, 3.8) is 0 Å². The van der Waals surface area contributed by atoms with E-state index in [9.17, 15) is 23.6 Å². The molecule has 0 atom stereocenters. The highest BCUT2D eigenvalue weighted by Gasteiger charge is 2.35. The van der Waals surface area contributed by atoms with E-state index < -0.39 is 11.7 Å². The van der Waals surface area contributed by atoms with E-state index in [4.69, 9.17) is 4.74 Å². The minimum absolute atomic E-state index is 0.0211. The lowest BCUT2D eigenvalue weighted by atomic mass is 10.0. The number of imide groups is 1. The first kappa shape index (κ1) is 29.3. The maximum absolute atomic E-state index is 14.2. The predicted molar refractivity (Wildman–Crippen MR) is 164 cm³/mol. The topological polar surface area (TPSA) is 88.9 Å². The standard InChI is InChI=1S/C35H34FN3O5/c1-35(2,3)44-34(43)37(20-22-11-13-27(36)14-12-22)21-26-18-25-17-23-7-6-8-24(23)19-30(25)38(31(26)40)15-16-39-32(41)28-9-4-5-10-29(28)33(39)42/h4-5,9-14,17-19H,6-8,15-16,20-21H2,1-3H3. The fraction of sp³-hybridized carbons (Fsp3) is 0.314. The van der Waals surface area contributed by atoms with E-state index >= 15 is 0 Å². The molecule has 4 aromatic rings. The van der Waals surface area contributed by atoms with Gasteiger partial charge in [-0.2, -0.15) is 0 Å². The van der Waals surface area contributed by atoms with Gasteiger partial charge in [-0.3, -0.25) is 24.2 Å².